The highest BCUT2D eigenvalue weighted by atomic mass is 35.5. The molecule has 1 rings (SSSR count). The summed E-state index contributed by atoms with van der Waals surface area (Å²) in [5, 5.41) is 9.01. The molecule has 0 radical (unpaired) electrons. The van der Waals surface area contributed by atoms with Gasteiger partial charge in [0, 0.05) is 6.07 Å². The van der Waals surface area contributed by atoms with Gasteiger partial charge in [-0.3, -0.25) is 4.55 Å². The maximum absolute atomic E-state index is 10.6. The van der Waals surface area contributed by atoms with Crippen LogP contribution in [0, 0.1) is 0 Å². The van der Waals surface area contributed by atoms with E-state index in [-0.39, 0.29) is 10.0 Å². The number of phenols is 1. The van der Waals surface area contributed by atoms with E-state index >= 15 is 0 Å². The Kier molecular flexibility index (Phi) is 2.72. The van der Waals surface area contributed by atoms with Crippen LogP contribution in [0.25, 0.3) is 0 Å². The van der Waals surface area contributed by atoms with Crippen LogP contribution in [0.4, 0.5) is 0 Å². The first-order valence-corrected chi connectivity index (χ1v) is 5.17. The molecule has 0 aromatic heterocycles. The van der Waals surface area contributed by atoms with Gasteiger partial charge in [0.2, 0.25) is 0 Å². The molecule has 1 aromatic rings. The van der Waals surface area contributed by atoms with Gasteiger partial charge in [-0.1, -0.05) is 23.2 Å². The lowest BCUT2D eigenvalue weighted by atomic mass is 10.3. The van der Waals surface area contributed by atoms with E-state index < -0.39 is 20.8 Å². The summed E-state index contributed by atoms with van der Waals surface area (Å²) in [6.07, 6.45) is 0. The fraction of sp³-hybridized carbons (Fsp3) is 0. The Morgan fingerprint density at radius 2 is 1.62 bits per heavy atom. The summed E-state index contributed by atoms with van der Waals surface area (Å²) in [5.74, 6) is -0.642. The van der Waals surface area contributed by atoms with E-state index in [1.807, 2.05) is 0 Å². The van der Waals surface area contributed by atoms with Crippen LogP contribution in [0.1, 0.15) is 0 Å². The van der Waals surface area contributed by atoms with Gasteiger partial charge in [0.25, 0.3) is 10.1 Å². The first-order valence-electron chi connectivity index (χ1n) is 2.98. The van der Waals surface area contributed by atoms with Crippen LogP contribution in [0.2, 0.25) is 10.0 Å². The normalized spacial score (nSPS) is 11.6. The molecule has 2 N–H and O–H groups in total. The monoisotopic (exact) mass is 242 g/mol. The molecule has 0 aliphatic heterocycles. The van der Waals surface area contributed by atoms with Crippen molar-refractivity contribution in [3.05, 3.63) is 22.2 Å². The minimum atomic E-state index is -4.47. The van der Waals surface area contributed by atoms with E-state index in [1.54, 1.807) is 0 Å². The molecule has 13 heavy (non-hydrogen) atoms. The lowest BCUT2D eigenvalue weighted by Gasteiger charge is -2.02. The fourth-order valence-corrected chi connectivity index (χ4v) is 1.70. The zero-order valence-electron chi connectivity index (χ0n) is 6.03. The van der Waals surface area contributed by atoms with Gasteiger partial charge in [-0.25, -0.2) is 0 Å². The van der Waals surface area contributed by atoms with E-state index in [0.717, 1.165) is 12.1 Å². The highest BCUT2D eigenvalue weighted by Gasteiger charge is 2.17. The topological polar surface area (TPSA) is 74.6 Å². The summed E-state index contributed by atoms with van der Waals surface area (Å²) >= 11 is 10.9. The van der Waals surface area contributed by atoms with E-state index in [1.165, 1.54) is 0 Å². The third kappa shape index (κ3) is 2.25. The summed E-state index contributed by atoms with van der Waals surface area (Å²) in [6, 6.07) is 1.81. The molecule has 0 spiro atoms. The Morgan fingerprint density at radius 3 is 2.08 bits per heavy atom. The molecular weight excluding hydrogens is 239 g/mol. The molecule has 7 heteroatoms. The van der Waals surface area contributed by atoms with E-state index in [0.29, 0.717) is 0 Å². The van der Waals surface area contributed by atoms with Crippen molar-refractivity contribution in [1.82, 2.24) is 0 Å². The SMILES string of the molecule is O=S(=O)(O)c1cc(Cl)c(Cl)cc1O. The van der Waals surface area contributed by atoms with Crippen molar-refractivity contribution in [1.29, 1.82) is 0 Å². The molecule has 0 atom stereocenters. The van der Waals surface area contributed by atoms with Gasteiger partial charge in [0.15, 0.2) is 0 Å². The van der Waals surface area contributed by atoms with Gasteiger partial charge < -0.3 is 5.11 Å². The molecule has 0 aliphatic carbocycles. The van der Waals surface area contributed by atoms with Crippen molar-refractivity contribution >= 4 is 33.3 Å². The second-order valence-electron chi connectivity index (χ2n) is 2.21. The third-order valence-electron chi connectivity index (χ3n) is 1.28. The Labute approximate surface area is 84.5 Å². The minimum absolute atomic E-state index is 0.00608. The van der Waals surface area contributed by atoms with E-state index in [2.05, 4.69) is 0 Å². The summed E-state index contributed by atoms with van der Waals surface area (Å²) in [7, 11) is -4.47. The Hall–Kier alpha value is -0.490. The minimum Gasteiger partial charge on any atom is -0.506 e. The maximum atomic E-state index is 10.6. The van der Waals surface area contributed by atoms with Crippen molar-refractivity contribution in [2.75, 3.05) is 0 Å². The number of phenolic OH excluding ortho intramolecular Hbond substituents is 1. The Bertz CT molecular complexity index is 440. The molecule has 0 heterocycles. The predicted octanol–water partition coefficient (Wildman–Crippen LogP) is 1.95. The van der Waals surface area contributed by atoms with Gasteiger partial charge >= 0.3 is 0 Å². The largest absolute Gasteiger partial charge is 0.506 e. The van der Waals surface area contributed by atoms with E-state index in [9.17, 15) is 8.42 Å². The summed E-state index contributed by atoms with van der Waals surface area (Å²) in [4.78, 5) is -0.665. The highest BCUT2D eigenvalue weighted by molar-refractivity contribution is 7.86. The lowest BCUT2D eigenvalue weighted by Crippen LogP contribution is -1.98. The summed E-state index contributed by atoms with van der Waals surface area (Å²) in [5.41, 5.74) is 0. The van der Waals surface area contributed by atoms with E-state index in [4.69, 9.17) is 32.9 Å². The van der Waals surface area contributed by atoms with Crippen LogP contribution in [0.5, 0.6) is 5.75 Å². The number of rotatable bonds is 1. The standard InChI is InChI=1S/C6H4Cl2O4S/c7-3-1-5(9)6(2-4(3)8)13(10,11)12/h1-2,9H,(H,10,11,12). The molecule has 0 bridgehead atoms. The number of halogens is 2. The molecular formula is C6H4Cl2O4S. The molecule has 0 saturated heterocycles. The van der Waals surface area contributed by atoms with Crippen molar-refractivity contribution in [2.45, 2.75) is 4.90 Å². The van der Waals surface area contributed by atoms with Crippen LogP contribution < -0.4 is 0 Å². The zero-order valence-corrected chi connectivity index (χ0v) is 8.36. The molecule has 0 amide bonds. The van der Waals surface area contributed by atoms with Crippen molar-refractivity contribution in [2.24, 2.45) is 0 Å². The fourth-order valence-electron chi connectivity index (χ4n) is 0.725. The maximum Gasteiger partial charge on any atom is 0.298 e. The number of benzene rings is 1. The first-order chi connectivity index (χ1) is 5.82. The highest BCUT2D eigenvalue weighted by Crippen LogP contribution is 2.32. The first kappa shape index (κ1) is 10.6. The zero-order chi connectivity index (χ0) is 10.2. The van der Waals surface area contributed by atoms with Crippen LogP contribution in [-0.2, 0) is 10.1 Å². The summed E-state index contributed by atoms with van der Waals surface area (Å²) < 4.78 is 29.8. The van der Waals surface area contributed by atoms with Crippen molar-refractivity contribution < 1.29 is 18.1 Å². The Balaban J connectivity index is 3.50. The van der Waals surface area contributed by atoms with Crippen LogP contribution in [0.15, 0.2) is 17.0 Å². The molecule has 0 saturated carbocycles. The molecule has 72 valence electrons. The summed E-state index contributed by atoms with van der Waals surface area (Å²) in [6.45, 7) is 0. The predicted molar refractivity (Wildman–Crippen MR) is 47.9 cm³/mol. The number of hydrogen-bond acceptors (Lipinski definition) is 3. The van der Waals surface area contributed by atoms with Gasteiger partial charge in [-0.15, -0.1) is 0 Å². The van der Waals surface area contributed by atoms with Gasteiger partial charge in [-0.2, -0.15) is 8.42 Å². The Morgan fingerprint density at radius 1 is 1.15 bits per heavy atom. The lowest BCUT2D eigenvalue weighted by molar-refractivity contribution is 0.443. The molecule has 0 unspecified atom stereocenters. The van der Waals surface area contributed by atoms with Gasteiger partial charge in [0.1, 0.15) is 10.6 Å². The number of hydrogen-bond donors (Lipinski definition) is 2. The van der Waals surface area contributed by atoms with Crippen LogP contribution in [-0.4, -0.2) is 18.1 Å². The third-order valence-corrected chi connectivity index (χ3v) is 2.88. The second kappa shape index (κ2) is 3.34. The molecule has 1 aromatic carbocycles. The van der Waals surface area contributed by atoms with Crippen molar-refractivity contribution in [3.8, 4) is 5.75 Å². The average molecular weight is 243 g/mol. The van der Waals surface area contributed by atoms with Crippen molar-refractivity contribution in [3.63, 3.8) is 0 Å². The van der Waals surface area contributed by atoms with Crippen LogP contribution in [0.3, 0.4) is 0 Å². The second-order valence-corrected chi connectivity index (χ2v) is 4.41. The molecule has 4 nitrogen and oxygen atoms in total. The quantitative estimate of drug-likeness (QED) is 0.739. The van der Waals surface area contributed by atoms with Gasteiger partial charge in [0.05, 0.1) is 10.0 Å². The number of aromatic hydroxyl groups is 1. The van der Waals surface area contributed by atoms with Crippen LogP contribution >= 0.6 is 23.2 Å². The smallest absolute Gasteiger partial charge is 0.298 e. The average Bonchev–Trinajstić information content (AvgIpc) is 1.94. The molecule has 0 aliphatic rings. The van der Waals surface area contributed by atoms with Gasteiger partial charge in [-0.05, 0) is 6.07 Å². The molecule has 0 fully saturated rings.